The van der Waals surface area contributed by atoms with Gasteiger partial charge in [-0.05, 0) is 31.2 Å². The fraction of sp³-hybridized carbons (Fsp3) is 0.533. The molecule has 1 heteroatoms. The van der Waals surface area contributed by atoms with Gasteiger partial charge >= 0.3 is 0 Å². The fourth-order valence-corrected chi connectivity index (χ4v) is 2.74. The van der Waals surface area contributed by atoms with Crippen molar-refractivity contribution in [3.8, 4) is 0 Å². The van der Waals surface area contributed by atoms with Crippen molar-refractivity contribution in [1.29, 1.82) is 0 Å². The first-order valence-corrected chi connectivity index (χ1v) is 6.28. The molecule has 1 aliphatic carbocycles. The van der Waals surface area contributed by atoms with E-state index in [1.807, 2.05) is 31.2 Å². The molecule has 0 amide bonds. The molecule has 1 aliphatic rings. The molecule has 1 saturated carbocycles. The predicted octanol–water partition coefficient (Wildman–Crippen LogP) is 4.00. The summed E-state index contributed by atoms with van der Waals surface area (Å²) in [6, 6.07) is 7.96. The number of carbonyl (C=O) groups excluding carboxylic acids is 1. The number of aryl methyl sites for hydroxylation is 1. The normalized spacial score (nSPS) is 25.4. The number of ketones is 1. The van der Waals surface area contributed by atoms with Gasteiger partial charge in [0.15, 0.2) is 5.78 Å². The highest BCUT2D eigenvalue weighted by Gasteiger charge is 2.26. The van der Waals surface area contributed by atoms with Gasteiger partial charge in [-0.1, -0.05) is 44.0 Å². The molecule has 1 fully saturated rings. The molecule has 2 rings (SSSR count). The molecule has 0 heterocycles. The predicted molar refractivity (Wildman–Crippen MR) is 66.6 cm³/mol. The van der Waals surface area contributed by atoms with Crippen molar-refractivity contribution < 1.29 is 4.79 Å². The molecule has 0 N–H and O–H groups in total. The Morgan fingerprint density at radius 3 is 2.69 bits per heavy atom. The largest absolute Gasteiger partial charge is 0.294 e. The van der Waals surface area contributed by atoms with Crippen LogP contribution in [-0.4, -0.2) is 5.78 Å². The third kappa shape index (κ3) is 2.34. The van der Waals surface area contributed by atoms with Crippen molar-refractivity contribution in [3.63, 3.8) is 0 Å². The number of hydrogen-bond acceptors (Lipinski definition) is 1. The second-order valence-corrected chi connectivity index (χ2v) is 5.15. The first-order chi connectivity index (χ1) is 7.68. The minimum Gasteiger partial charge on any atom is -0.294 e. The SMILES string of the molecule is Cc1ccccc1C(=O)C1CCCC(C)C1. The number of benzene rings is 1. The maximum Gasteiger partial charge on any atom is 0.166 e. The lowest BCUT2D eigenvalue weighted by Crippen LogP contribution is -2.22. The first-order valence-electron chi connectivity index (χ1n) is 6.28. The highest BCUT2D eigenvalue weighted by molar-refractivity contribution is 5.99. The van der Waals surface area contributed by atoms with E-state index in [1.54, 1.807) is 0 Å². The molecule has 0 aromatic heterocycles. The van der Waals surface area contributed by atoms with E-state index < -0.39 is 0 Å². The van der Waals surface area contributed by atoms with Crippen LogP contribution in [0.4, 0.5) is 0 Å². The first kappa shape index (κ1) is 11.4. The number of hydrogen-bond donors (Lipinski definition) is 0. The zero-order chi connectivity index (χ0) is 11.5. The standard InChI is InChI=1S/C15H20O/c1-11-6-5-8-13(10-11)15(16)14-9-4-3-7-12(14)2/h3-4,7,9,11,13H,5-6,8,10H2,1-2H3. The van der Waals surface area contributed by atoms with Gasteiger partial charge in [0.05, 0.1) is 0 Å². The van der Waals surface area contributed by atoms with Gasteiger partial charge in [-0.15, -0.1) is 0 Å². The molecular weight excluding hydrogens is 196 g/mol. The van der Waals surface area contributed by atoms with Gasteiger partial charge in [-0.2, -0.15) is 0 Å². The molecule has 16 heavy (non-hydrogen) atoms. The molecule has 2 atom stereocenters. The van der Waals surface area contributed by atoms with Crippen LogP contribution in [0.25, 0.3) is 0 Å². The molecular formula is C15H20O. The summed E-state index contributed by atoms with van der Waals surface area (Å²) >= 11 is 0. The number of carbonyl (C=O) groups is 1. The van der Waals surface area contributed by atoms with E-state index in [0.29, 0.717) is 11.7 Å². The molecule has 1 nitrogen and oxygen atoms in total. The van der Waals surface area contributed by atoms with E-state index in [4.69, 9.17) is 0 Å². The zero-order valence-corrected chi connectivity index (χ0v) is 10.2. The molecule has 2 unspecified atom stereocenters. The van der Waals surface area contributed by atoms with Gasteiger partial charge in [-0.25, -0.2) is 0 Å². The Hall–Kier alpha value is -1.11. The van der Waals surface area contributed by atoms with Gasteiger partial charge in [0.2, 0.25) is 0 Å². The molecule has 1 aromatic rings. The number of Topliss-reactive ketones (excluding diaryl/α,β-unsaturated/α-hetero) is 1. The highest BCUT2D eigenvalue weighted by atomic mass is 16.1. The van der Waals surface area contributed by atoms with Crippen LogP contribution in [0, 0.1) is 18.8 Å². The van der Waals surface area contributed by atoms with Crippen LogP contribution in [-0.2, 0) is 0 Å². The van der Waals surface area contributed by atoms with E-state index >= 15 is 0 Å². The van der Waals surface area contributed by atoms with Crippen LogP contribution in [0.1, 0.15) is 48.5 Å². The molecule has 0 spiro atoms. The van der Waals surface area contributed by atoms with E-state index in [1.165, 1.54) is 12.8 Å². The second-order valence-electron chi connectivity index (χ2n) is 5.15. The minimum atomic E-state index is 0.268. The van der Waals surface area contributed by atoms with Gasteiger partial charge < -0.3 is 0 Å². The van der Waals surface area contributed by atoms with Crippen molar-refractivity contribution in [2.45, 2.75) is 39.5 Å². The summed E-state index contributed by atoms with van der Waals surface area (Å²) in [6.45, 7) is 4.29. The summed E-state index contributed by atoms with van der Waals surface area (Å²) in [5, 5.41) is 0. The smallest absolute Gasteiger partial charge is 0.166 e. The Bertz CT molecular complexity index is 381. The second kappa shape index (κ2) is 4.82. The summed E-state index contributed by atoms with van der Waals surface area (Å²) in [5.74, 6) is 1.35. The molecule has 1 aromatic carbocycles. The van der Waals surface area contributed by atoms with Crippen molar-refractivity contribution in [2.75, 3.05) is 0 Å². The maximum atomic E-state index is 12.4. The topological polar surface area (TPSA) is 17.1 Å². The van der Waals surface area contributed by atoms with Crippen LogP contribution in [0.15, 0.2) is 24.3 Å². The summed E-state index contributed by atoms with van der Waals surface area (Å²) in [4.78, 5) is 12.4. The van der Waals surface area contributed by atoms with Crippen LogP contribution in [0.3, 0.4) is 0 Å². The Balaban J connectivity index is 2.16. The van der Waals surface area contributed by atoms with Gasteiger partial charge in [0.25, 0.3) is 0 Å². The lowest BCUT2D eigenvalue weighted by Gasteiger charge is -2.26. The van der Waals surface area contributed by atoms with Crippen molar-refractivity contribution in [1.82, 2.24) is 0 Å². The Labute approximate surface area is 97.9 Å². The van der Waals surface area contributed by atoms with Crippen molar-refractivity contribution in [3.05, 3.63) is 35.4 Å². The molecule has 0 radical (unpaired) electrons. The summed E-state index contributed by atoms with van der Waals surface area (Å²) in [7, 11) is 0. The van der Waals surface area contributed by atoms with Crippen LogP contribution < -0.4 is 0 Å². The Morgan fingerprint density at radius 2 is 2.00 bits per heavy atom. The Kier molecular flexibility index (Phi) is 3.42. The van der Waals surface area contributed by atoms with Crippen molar-refractivity contribution in [2.24, 2.45) is 11.8 Å². The lowest BCUT2D eigenvalue weighted by molar-refractivity contribution is 0.0867. The maximum absolute atomic E-state index is 12.4. The molecule has 86 valence electrons. The summed E-state index contributed by atoms with van der Waals surface area (Å²) in [5.41, 5.74) is 2.05. The number of rotatable bonds is 2. The highest BCUT2D eigenvalue weighted by Crippen LogP contribution is 2.31. The third-order valence-corrected chi connectivity index (χ3v) is 3.72. The van der Waals surface area contributed by atoms with Crippen LogP contribution in [0.2, 0.25) is 0 Å². The quantitative estimate of drug-likeness (QED) is 0.683. The monoisotopic (exact) mass is 216 g/mol. The molecule has 0 bridgehead atoms. The third-order valence-electron chi connectivity index (χ3n) is 3.72. The average Bonchev–Trinajstić information content (AvgIpc) is 2.29. The zero-order valence-electron chi connectivity index (χ0n) is 10.2. The van der Waals surface area contributed by atoms with E-state index in [0.717, 1.165) is 24.0 Å². The minimum absolute atomic E-state index is 0.268. The molecule has 0 saturated heterocycles. The van der Waals surface area contributed by atoms with E-state index in [-0.39, 0.29) is 5.92 Å². The van der Waals surface area contributed by atoms with Crippen molar-refractivity contribution >= 4 is 5.78 Å². The van der Waals surface area contributed by atoms with Crippen LogP contribution in [0.5, 0.6) is 0 Å². The van der Waals surface area contributed by atoms with E-state index in [2.05, 4.69) is 6.92 Å². The van der Waals surface area contributed by atoms with Gasteiger partial charge in [-0.3, -0.25) is 4.79 Å². The fourth-order valence-electron chi connectivity index (χ4n) is 2.74. The summed E-state index contributed by atoms with van der Waals surface area (Å²) in [6.07, 6.45) is 4.66. The van der Waals surface area contributed by atoms with Crippen LogP contribution >= 0.6 is 0 Å². The lowest BCUT2D eigenvalue weighted by atomic mass is 9.78. The van der Waals surface area contributed by atoms with Gasteiger partial charge in [0, 0.05) is 11.5 Å². The summed E-state index contributed by atoms with van der Waals surface area (Å²) < 4.78 is 0. The molecule has 0 aliphatic heterocycles. The van der Waals surface area contributed by atoms with Gasteiger partial charge in [0.1, 0.15) is 0 Å². The van der Waals surface area contributed by atoms with E-state index in [9.17, 15) is 4.79 Å². The Morgan fingerprint density at radius 1 is 1.25 bits per heavy atom. The average molecular weight is 216 g/mol.